The van der Waals surface area contributed by atoms with Crippen molar-refractivity contribution in [3.63, 3.8) is 0 Å². The molecule has 0 bridgehead atoms. The third kappa shape index (κ3) is 2.83. The van der Waals surface area contributed by atoms with Gasteiger partial charge in [0.2, 0.25) is 5.91 Å². The maximum Gasteiger partial charge on any atom is 0.244 e. The van der Waals surface area contributed by atoms with Crippen molar-refractivity contribution in [1.29, 1.82) is 0 Å². The second-order valence-corrected chi connectivity index (χ2v) is 5.42. The van der Waals surface area contributed by atoms with E-state index in [9.17, 15) is 4.79 Å². The number of hydrogen-bond acceptors (Lipinski definition) is 2. The fraction of sp³-hybridized carbons (Fsp3) is 0.278. The van der Waals surface area contributed by atoms with E-state index in [0.29, 0.717) is 6.54 Å². The van der Waals surface area contributed by atoms with Gasteiger partial charge in [-0.15, -0.1) is 0 Å². The van der Waals surface area contributed by atoms with E-state index in [1.165, 1.54) is 11.1 Å². The molecule has 0 fully saturated rings. The van der Waals surface area contributed by atoms with Gasteiger partial charge in [-0.05, 0) is 30.2 Å². The molecule has 3 nitrogen and oxygen atoms in total. The third-order valence-electron chi connectivity index (χ3n) is 4.08. The minimum Gasteiger partial charge on any atom is -0.336 e. The van der Waals surface area contributed by atoms with Crippen molar-refractivity contribution in [2.45, 2.75) is 19.0 Å². The maximum atomic E-state index is 12.8. The van der Waals surface area contributed by atoms with Gasteiger partial charge in [0.1, 0.15) is 6.04 Å². The van der Waals surface area contributed by atoms with Crippen molar-refractivity contribution in [3.8, 4) is 0 Å². The molecule has 0 radical (unpaired) electrons. The van der Waals surface area contributed by atoms with E-state index < -0.39 is 0 Å². The van der Waals surface area contributed by atoms with Crippen LogP contribution in [-0.4, -0.2) is 24.4 Å². The number of carbonyl (C=O) groups excluding carboxylic acids is 1. The summed E-state index contributed by atoms with van der Waals surface area (Å²) in [6.45, 7) is 1.44. The molecule has 1 N–H and O–H groups in total. The Balaban J connectivity index is 1.87. The zero-order valence-corrected chi connectivity index (χ0v) is 12.3. The van der Waals surface area contributed by atoms with E-state index in [4.69, 9.17) is 0 Å². The molecule has 108 valence electrons. The van der Waals surface area contributed by atoms with Gasteiger partial charge in [0, 0.05) is 13.1 Å². The topological polar surface area (TPSA) is 32.3 Å². The van der Waals surface area contributed by atoms with Gasteiger partial charge in [-0.1, -0.05) is 54.6 Å². The summed E-state index contributed by atoms with van der Waals surface area (Å²) in [5.41, 5.74) is 3.55. The van der Waals surface area contributed by atoms with Crippen LogP contribution in [0.25, 0.3) is 0 Å². The van der Waals surface area contributed by atoms with E-state index in [1.807, 2.05) is 42.3 Å². The van der Waals surface area contributed by atoms with Gasteiger partial charge in [-0.3, -0.25) is 4.79 Å². The van der Waals surface area contributed by atoms with Gasteiger partial charge in [0.05, 0.1) is 0 Å². The Morgan fingerprint density at radius 2 is 1.81 bits per heavy atom. The first-order chi connectivity index (χ1) is 10.3. The highest BCUT2D eigenvalue weighted by atomic mass is 16.2. The minimum absolute atomic E-state index is 0.159. The first-order valence-corrected chi connectivity index (χ1v) is 7.37. The van der Waals surface area contributed by atoms with Gasteiger partial charge in [0.15, 0.2) is 0 Å². The molecule has 1 heterocycles. The number of rotatable bonds is 3. The van der Waals surface area contributed by atoms with Crippen molar-refractivity contribution in [1.82, 2.24) is 10.2 Å². The molecule has 0 spiro atoms. The van der Waals surface area contributed by atoms with Crippen molar-refractivity contribution < 1.29 is 4.79 Å². The van der Waals surface area contributed by atoms with Crippen LogP contribution >= 0.6 is 0 Å². The zero-order valence-electron chi connectivity index (χ0n) is 12.3. The van der Waals surface area contributed by atoms with E-state index in [0.717, 1.165) is 18.5 Å². The Morgan fingerprint density at radius 3 is 2.57 bits per heavy atom. The fourth-order valence-corrected chi connectivity index (χ4v) is 2.96. The number of likely N-dealkylation sites (N-methyl/N-ethyl adjacent to an activating group) is 1. The lowest BCUT2D eigenvalue weighted by Crippen LogP contribution is -2.38. The quantitative estimate of drug-likeness (QED) is 0.937. The summed E-state index contributed by atoms with van der Waals surface area (Å²) < 4.78 is 0. The van der Waals surface area contributed by atoms with Gasteiger partial charge in [0.25, 0.3) is 0 Å². The molecule has 0 saturated heterocycles. The number of hydrogen-bond donors (Lipinski definition) is 1. The predicted molar refractivity (Wildman–Crippen MR) is 83.8 cm³/mol. The van der Waals surface area contributed by atoms with Crippen molar-refractivity contribution in [2.24, 2.45) is 0 Å². The molecular weight excluding hydrogens is 260 g/mol. The summed E-state index contributed by atoms with van der Waals surface area (Å²) in [5.74, 6) is 0.159. The maximum absolute atomic E-state index is 12.8. The Labute approximate surface area is 125 Å². The summed E-state index contributed by atoms with van der Waals surface area (Å²) in [5, 5.41) is 3.17. The summed E-state index contributed by atoms with van der Waals surface area (Å²) in [4.78, 5) is 14.8. The first-order valence-electron chi connectivity index (χ1n) is 7.37. The van der Waals surface area contributed by atoms with Crippen LogP contribution in [0.15, 0.2) is 54.6 Å². The fourth-order valence-electron chi connectivity index (χ4n) is 2.96. The Hall–Kier alpha value is -2.13. The predicted octanol–water partition coefficient (Wildman–Crippen LogP) is 2.53. The normalized spacial score (nSPS) is 18.2. The van der Waals surface area contributed by atoms with Gasteiger partial charge in [-0.25, -0.2) is 0 Å². The summed E-state index contributed by atoms with van der Waals surface area (Å²) in [6.07, 6.45) is 0.910. The Morgan fingerprint density at radius 1 is 1.10 bits per heavy atom. The van der Waals surface area contributed by atoms with E-state index in [1.54, 1.807) is 0 Å². The molecule has 2 aromatic rings. The van der Waals surface area contributed by atoms with Gasteiger partial charge < -0.3 is 10.2 Å². The summed E-state index contributed by atoms with van der Waals surface area (Å²) in [6, 6.07) is 18.2. The molecule has 0 aromatic heterocycles. The lowest BCUT2D eigenvalue weighted by atomic mass is 9.99. The molecule has 1 unspecified atom stereocenters. The molecule has 1 atom stereocenters. The zero-order chi connectivity index (χ0) is 14.7. The monoisotopic (exact) mass is 280 g/mol. The number of amides is 1. The smallest absolute Gasteiger partial charge is 0.244 e. The van der Waals surface area contributed by atoms with Crippen LogP contribution in [0.5, 0.6) is 0 Å². The van der Waals surface area contributed by atoms with Crippen LogP contribution in [0.4, 0.5) is 0 Å². The van der Waals surface area contributed by atoms with Gasteiger partial charge >= 0.3 is 0 Å². The molecule has 21 heavy (non-hydrogen) atoms. The molecular formula is C18H20N2O. The molecule has 0 saturated carbocycles. The molecule has 1 amide bonds. The number of nitrogens with one attached hydrogen (secondary N) is 1. The standard InChI is InChI=1S/C18H20N2O/c1-19-17-16-10-6-5-9-15(16)11-12-20(18(17)21)13-14-7-3-2-4-8-14/h2-10,17,19H,11-13H2,1H3. The minimum atomic E-state index is -0.243. The molecule has 0 aliphatic carbocycles. The summed E-state index contributed by atoms with van der Waals surface area (Å²) >= 11 is 0. The first kappa shape index (κ1) is 13.8. The van der Waals surface area contributed by atoms with Crippen molar-refractivity contribution in [2.75, 3.05) is 13.6 Å². The number of benzene rings is 2. The SMILES string of the molecule is CNC1C(=O)N(Cc2ccccc2)CCc2ccccc21. The molecule has 1 aliphatic rings. The average Bonchev–Trinajstić information content (AvgIpc) is 2.66. The lowest BCUT2D eigenvalue weighted by Gasteiger charge is -2.24. The second kappa shape index (κ2) is 6.10. The van der Waals surface area contributed by atoms with Crippen LogP contribution in [0, 0.1) is 0 Å². The van der Waals surface area contributed by atoms with Crippen LogP contribution in [0.2, 0.25) is 0 Å². The van der Waals surface area contributed by atoms with Crippen LogP contribution in [0.1, 0.15) is 22.7 Å². The van der Waals surface area contributed by atoms with Gasteiger partial charge in [-0.2, -0.15) is 0 Å². The number of fused-ring (bicyclic) bond motifs is 1. The highest BCUT2D eigenvalue weighted by molar-refractivity contribution is 5.84. The Kier molecular flexibility index (Phi) is 4.02. The average molecular weight is 280 g/mol. The van der Waals surface area contributed by atoms with Crippen molar-refractivity contribution in [3.05, 3.63) is 71.3 Å². The van der Waals surface area contributed by atoms with Crippen molar-refractivity contribution >= 4 is 5.91 Å². The highest BCUT2D eigenvalue weighted by Gasteiger charge is 2.29. The molecule has 3 rings (SSSR count). The molecule has 3 heteroatoms. The number of carbonyl (C=O) groups is 1. The Bertz CT molecular complexity index is 624. The van der Waals surface area contributed by atoms with Crippen LogP contribution < -0.4 is 5.32 Å². The lowest BCUT2D eigenvalue weighted by molar-refractivity contribution is -0.133. The third-order valence-corrected chi connectivity index (χ3v) is 4.08. The number of nitrogens with zero attached hydrogens (tertiary/aromatic N) is 1. The largest absolute Gasteiger partial charge is 0.336 e. The van der Waals surface area contributed by atoms with Crippen LogP contribution in [0.3, 0.4) is 0 Å². The van der Waals surface area contributed by atoms with E-state index >= 15 is 0 Å². The van der Waals surface area contributed by atoms with E-state index in [-0.39, 0.29) is 11.9 Å². The molecule has 1 aliphatic heterocycles. The molecule has 2 aromatic carbocycles. The van der Waals surface area contributed by atoms with E-state index in [2.05, 4.69) is 29.6 Å². The summed E-state index contributed by atoms with van der Waals surface area (Å²) in [7, 11) is 1.85. The highest BCUT2D eigenvalue weighted by Crippen LogP contribution is 2.25. The second-order valence-electron chi connectivity index (χ2n) is 5.42. The van der Waals surface area contributed by atoms with Crippen LogP contribution in [-0.2, 0) is 17.8 Å².